The van der Waals surface area contributed by atoms with E-state index in [1.807, 2.05) is 13.0 Å². The van der Waals surface area contributed by atoms with E-state index in [1.54, 1.807) is 0 Å². The van der Waals surface area contributed by atoms with E-state index in [0.29, 0.717) is 13.1 Å². The second kappa shape index (κ2) is 7.08. The second-order valence-electron chi connectivity index (χ2n) is 7.81. The molecule has 5 nitrogen and oxygen atoms in total. The van der Waals surface area contributed by atoms with Crippen LogP contribution in [0.4, 0.5) is 0 Å². The lowest BCUT2D eigenvalue weighted by atomic mass is 10.1. The molecule has 2 aromatic heterocycles. The lowest BCUT2D eigenvalue weighted by Gasteiger charge is -2.26. The van der Waals surface area contributed by atoms with Crippen molar-refractivity contribution in [2.24, 2.45) is 0 Å². The fourth-order valence-corrected chi connectivity index (χ4v) is 4.66. The Labute approximate surface area is 164 Å². The quantitative estimate of drug-likeness (QED) is 0.565. The van der Waals surface area contributed by atoms with Crippen molar-refractivity contribution in [3.05, 3.63) is 66.1 Å². The lowest BCUT2D eigenvalue weighted by molar-refractivity contribution is 0.0922. The van der Waals surface area contributed by atoms with Gasteiger partial charge in [0.2, 0.25) is 0 Å². The van der Waals surface area contributed by atoms with Gasteiger partial charge in [0.1, 0.15) is 11.5 Å². The van der Waals surface area contributed by atoms with Crippen molar-refractivity contribution < 1.29 is 9.63 Å². The van der Waals surface area contributed by atoms with Gasteiger partial charge in [0.25, 0.3) is 0 Å². The Bertz CT molecular complexity index is 1060. The standard InChI is InChI=1S/C23H25N3O2/c1-16-13-20(24-28-16)23-11-6-12-25(23)14-17(27)15-26-21-9-4-2-7-18(21)19-8-3-5-10-22(19)26/h2-5,7-10,13,17,23,27H,6,11-12,14-15H2,1H3/t17-,23-/m1/s1. The molecule has 0 radical (unpaired) electrons. The minimum Gasteiger partial charge on any atom is -0.390 e. The second-order valence-corrected chi connectivity index (χ2v) is 7.81. The fourth-order valence-electron chi connectivity index (χ4n) is 4.66. The molecule has 3 heterocycles. The van der Waals surface area contributed by atoms with Crippen molar-refractivity contribution in [1.82, 2.24) is 14.6 Å². The zero-order chi connectivity index (χ0) is 19.1. The third kappa shape index (κ3) is 3.01. The maximum Gasteiger partial charge on any atom is 0.133 e. The smallest absolute Gasteiger partial charge is 0.133 e. The van der Waals surface area contributed by atoms with Crippen LogP contribution in [0, 0.1) is 6.92 Å². The Kier molecular flexibility index (Phi) is 4.41. The van der Waals surface area contributed by atoms with Gasteiger partial charge in [-0.05, 0) is 38.4 Å². The minimum absolute atomic E-state index is 0.241. The highest BCUT2D eigenvalue weighted by Gasteiger charge is 2.30. The minimum atomic E-state index is -0.451. The average molecular weight is 375 g/mol. The topological polar surface area (TPSA) is 54.4 Å². The first-order chi connectivity index (χ1) is 13.7. The molecule has 1 aliphatic rings. The summed E-state index contributed by atoms with van der Waals surface area (Å²) in [6.45, 7) is 4.13. The summed E-state index contributed by atoms with van der Waals surface area (Å²) in [5.41, 5.74) is 3.33. The molecule has 5 rings (SSSR count). The first-order valence-electron chi connectivity index (χ1n) is 10.0. The van der Waals surface area contributed by atoms with Gasteiger partial charge in [-0.25, -0.2) is 0 Å². The molecule has 1 saturated heterocycles. The molecule has 1 aliphatic heterocycles. The van der Waals surface area contributed by atoms with Gasteiger partial charge < -0.3 is 14.2 Å². The Morgan fingerprint density at radius 1 is 1.07 bits per heavy atom. The summed E-state index contributed by atoms with van der Waals surface area (Å²) in [6, 6.07) is 19.1. The molecule has 0 amide bonds. The Hall–Kier alpha value is -2.63. The predicted molar refractivity (Wildman–Crippen MR) is 110 cm³/mol. The Morgan fingerprint density at radius 3 is 2.39 bits per heavy atom. The maximum atomic E-state index is 11.0. The average Bonchev–Trinajstić information content (AvgIpc) is 3.41. The van der Waals surface area contributed by atoms with Gasteiger partial charge in [-0.3, -0.25) is 4.90 Å². The molecule has 5 heteroatoms. The third-order valence-electron chi connectivity index (χ3n) is 5.87. The molecule has 1 fully saturated rings. The molecule has 144 valence electrons. The SMILES string of the molecule is Cc1cc([C@H]2CCCN2C[C@@H](O)Cn2c3ccccc3c3ccccc32)no1. The van der Waals surface area contributed by atoms with E-state index >= 15 is 0 Å². The molecule has 1 N–H and O–H groups in total. The maximum absolute atomic E-state index is 11.0. The molecular weight excluding hydrogens is 350 g/mol. The van der Waals surface area contributed by atoms with Crippen LogP contribution in [0.15, 0.2) is 59.1 Å². The van der Waals surface area contributed by atoms with Gasteiger partial charge in [0.05, 0.1) is 18.7 Å². The molecule has 0 aliphatic carbocycles. The molecule has 2 aromatic carbocycles. The van der Waals surface area contributed by atoms with Crippen LogP contribution >= 0.6 is 0 Å². The van der Waals surface area contributed by atoms with Crippen LogP contribution in [-0.2, 0) is 6.54 Å². The molecule has 0 saturated carbocycles. The Balaban J connectivity index is 1.40. The molecular formula is C23H25N3O2. The van der Waals surface area contributed by atoms with E-state index in [4.69, 9.17) is 4.52 Å². The molecule has 0 spiro atoms. The van der Waals surface area contributed by atoms with Gasteiger partial charge >= 0.3 is 0 Å². The van der Waals surface area contributed by atoms with E-state index in [9.17, 15) is 5.11 Å². The predicted octanol–water partition coefficient (Wildman–Crippen LogP) is 4.29. The van der Waals surface area contributed by atoms with Crippen molar-refractivity contribution >= 4 is 21.8 Å². The molecule has 2 atom stereocenters. The molecule has 0 unspecified atom stereocenters. The number of hydrogen-bond acceptors (Lipinski definition) is 4. The normalized spacial score (nSPS) is 19.0. The molecule has 28 heavy (non-hydrogen) atoms. The number of rotatable bonds is 5. The highest BCUT2D eigenvalue weighted by molar-refractivity contribution is 6.07. The molecule has 4 aromatic rings. The number of aromatic nitrogens is 2. The summed E-state index contributed by atoms with van der Waals surface area (Å²) >= 11 is 0. The number of aliphatic hydroxyl groups excluding tert-OH is 1. The van der Waals surface area contributed by atoms with Crippen LogP contribution in [0.25, 0.3) is 21.8 Å². The highest BCUT2D eigenvalue weighted by atomic mass is 16.5. The highest BCUT2D eigenvalue weighted by Crippen LogP contribution is 2.32. The summed E-state index contributed by atoms with van der Waals surface area (Å²) in [5.74, 6) is 0.840. The first kappa shape index (κ1) is 17.5. The largest absolute Gasteiger partial charge is 0.390 e. The number of aryl methyl sites for hydroxylation is 1. The van der Waals surface area contributed by atoms with E-state index in [-0.39, 0.29) is 6.04 Å². The van der Waals surface area contributed by atoms with Crippen LogP contribution in [0.1, 0.15) is 30.3 Å². The number of nitrogens with zero attached hydrogens (tertiary/aromatic N) is 3. The zero-order valence-corrected chi connectivity index (χ0v) is 16.1. The van der Waals surface area contributed by atoms with E-state index in [0.717, 1.165) is 30.8 Å². The van der Waals surface area contributed by atoms with Gasteiger partial charge in [-0.15, -0.1) is 0 Å². The summed E-state index contributed by atoms with van der Waals surface area (Å²) < 4.78 is 7.52. The fraction of sp³-hybridized carbons (Fsp3) is 0.348. The van der Waals surface area contributed by atoms with Gasteiger partial charge in [-0.2, -0.15) is 0 Å². The summed E-state index contributed by atoms with van der Waals surface area (Å²) in [5, 5.41) is 17.6. The summed E-state index contributed by atoms with van der Waals surface area (Å²) in [7, 11) is 0. The number of para-hydroxylation sites is 2. The van der Waals surface area contributed by atoms with Crippen molar-refractivity contribution in [2.45, 2.75) is 38.5 Å². The number of likely N-dealkylation sites (tertiary alicyclic amines) is 1. The number of β-amino-alcohol motifs (C(OH)–C–C–N with tert-alkyl or cyclic N) is 1. The van der Waals surface area contributed by atoms with Crippen molar-refractivity contribution in [2.75, 3.05) is 13.1 Å². The first-order valence-corrected chi connectivity index (χ1v) is 10.0. The summed E-state index contributed by atoms with van der Waals surface area (Å²) in [6.07, 6.45) is 1.74. The van der Waals surface area contributed by atoms with Crippen LogP contribution in [0.5, 0.6) is 0 Å². The van der Waals surface area contributed by atoms with Gasteiger partial charge in [-0.1, -0.05) is 41.6 Å². The van der Waals surface area contributed by atoms with E-state index in [1.165, 1.54) is 21.8 Å². The molecule has 0 bridgehead atoms. The monoisotopic (exact) mass is 375 g/mol. The zero-order valence-electron chi connectivity index (χ0n) is 16.1. The number of fused-ring (bicyclic) bond motifs is 3. The number of hydrogen-bond donors (Lipinski definition) is 1. The van der Waals surface area contributed by atoms with E-state index < -0.39 is 6.10 Å². The van der Waals surface area contributed by atoms with Crippen molar-refractivity contribution in [3.8, 4) is 0 Å². The van der Waals surface area contributed by atoms with Crippen molar-refractivity contribution in [3.63, 3.8) is 0 Å². The van der Waals surface area contributed by atoms with Crippen molar-refractivity contribution in [1.29, 1.82) is 0 Å². The number of aliphatic hydroxyl groups is 1. The van der Waals surface area contributed by atoms with Gasteiger partial charge in [0.15, 0.2) is 0 Å². The Morgan fingerprint density at radius 2 is 1.75 bits per heavy atom. The van der Waals surface area contributed by atoms with Crippen LogP contribution < -0.4 is 0 Å². The van der Waals surface area contributed by atoms with Crippen LogP contribution in [0.3, 0.4) is 0 Å². The van der Waals surface area contributed by atoms with E-state index in [2.05, 4.69) is 63.2 Å². The van der Waals surface area contributed by atoms with Crippen LogP contribution in [0.2, 0.25) is 0 Å². The summed E-state index contributed by atoms with van der Waals surface area (Å²) in [4.78, 5) is 2.34. The number of benzene rings is 2. The third-order valence-corrected chi connectivity index (χ3v) is 5.87. The van der Waals surface area contributed by atoms with Crippen LogP contribution in [-0.4, -0.2) is 38.9 Å². The van der Waals surface area contributed by atoms with Gasteiger partial charge in [0, 0.05) is 34.4 Å². The lowest BCUT2D eigenvalue weighted by Crippen LogP contribution is -2.34.